The highest BCUT2D eigenvalue weighted by molar-refractivity contribution is 5.44. The molecule has 1 aliphatic rings. The standard InChI is InChI=1S/C15H17N5O2/c1-16-15-18-13(11-4-5-11)8-14(19-15)17-9-10-2-6-12(7-3-10)20(21)22/h2-3,6-8,11H,4-5,9H2,1H3,(H2,16,17,18,19). The van der Waals surface area contributed by atoms with Gasteiger partial charge in [0, 0.05) is 37.7 Å². The zero-order valence-electron chi connectivity index (χ0n) is 12.2. The average molecular weight is 299 g/mol. The summed E-state index contributed by atoms with van der Waals surface area (Å²) >= 11 is 0. The van der Waals surface area contributed by atoms with E-state index in [1.54, 1.807) is 19.2 Å². The second-order valence-corrected chi connectivity index (χ2v) is 5.30. The molecule has 1 aromatic carbocycles. The van der Waals surface area contributed by atoms with E-state index in [0.717, 1.165) is 17.1 Å². The van der Waals surface area contributed by atoms with Gasteiger partial charge in [0.2, 0.25) is 5.95 Å². The first kappa shape index (κ1) is 14.2. The molecule has 7 heteroatoms. The van der Waals surface area contributed by atoms with E-state index in [-0.39, 0.29) is 5.69 Å². The van der Waals surface area contributed by atoms with E-state index in [0.29, 0.717) is 18.4 Å². The number of benzene rings is 1. The van der Waals surface area contributed by atoms with Crippen LogP contribution in [0.2, 0.25) is 0 Å². The van der Waals surface area contributed by atoms with Crippen LogP contribution in [0.25, 0.3) is 0 Å². The summed E-state index contributed by atoms with van der Waals surface area (Å²) in [5.74, 6) is 1.92. The highest BCUT2D eigenvalue weighted by Gasteiger charge is 2.26. The number of non-ortho nitro benzene ring substituents is 1. The maximum atomic E-state index is 10.6. The predicted molar refractivity (Wildman–Crippen MR) is 84.0 cm³/mol. The summed E-state index contributed by atoms with van der Waals surface area (Å²) < 4.78 is 0. The smallest absolute Gasteiger partial charge is 0.269 e. The molecule has 3 rings (SSSR count). The van der Waals surface area contributed by atoms with Crippen LogP contribution in [0.15, 0.2) is 30.3 Å². The summed E-state index contributed by atoms with van der Waals surface area (Å²) in [5.41, 5.74) is 2.12. The summed E-state index contributed by atoms with van der Waals surface area (Å²) in [7, 11) is 1.80. The van der Waals surface area contributed by atoms with Gasteiger partial charge in [-0.1, -0.05) is 12.1 Å². The van der Waals surface area contributed by atoms with Crippen LogP contribution in [0.5, 0.6) is 0 Å². The lowest BCUT2D eigenvalue weighted by Gasteiger charge is -2.09. The Balaban J connectivity index is 1.70. The molecule has 22 heavy (non-hydrogen) atoms. The van der Waals surface area contributed by atoms with E-state index in [4.69, 9.17) is 0 Å². The van der Waals surface area contributed by atoms with Gasteiger partial charge in [0.15, 0.2) is 0 Å². The summed E-state index contributed by atoms with van der Waals surface area (Å²) in [6.45, 7) is 0.558. The lowest BCUT2D eigenvalue weighted by Crippen LogP contribution is -2.06. The molecule has 7 nitrogen and oxygen atoms in total. The second kappa shape index (κ2) is 5.97. The Labute approximate surface area is 127 Å². The third-order valence-corrected chi connectivity index (χ3v) is 3.59. The molecule has 114 valence electrons. The van der Waals surface area contributed by atoms with Crippen LogP contribution in [-0.4, -0.2) is 21.9 Å². The number of anilines is 2. The molecule has 1 fully saturated rings. The third-order valence-electron chi connectivity index (χ3n) is 3.59. The van der Waals surface area contributed by atoms with Crippen molar-refractivity contribution in [2.24, 2.45) is 0 Å². The largest absolute Gasteiger partial charge is 0.366 e. The van der Waals surface area contributed by atoms with Crippen LogP contribution in [0.3, 0.4) is 0 Å². The minimum atomic E-state index is -0.400. The molecule has 0 atom stereocenters. The van der Waals surface area contributed by atoms with Crippen LogP contribution in [0.4, 0.5) is 17.5 Å². The first-order valence-corrected chi connectivity index (χ1v) is 7.19. The Bertz CT molecular complexity index is 683. The van der Waals surface area contributed by atoms with Crippen LogP contribution < -0.4 is 10.6 Å². The Hall–Kier alpha value is -2.70. The topological polar surface area (TPSA) is 93.0 Å². The van der Waals surface area contributed by atoms with Gasteiger partial charge in [-0.05, 0) is 18.4 Å². The molecule has 2 N–H and O–H groups in total. The maximum absolute atomic E-state index is 10.6. The Morgan fingerprint density at radius 3 is 2.59 bits per heavy atom. The fourth-order valence-electron chi connectivity index (χ4n) is 2.18. The zero-order valence-corrected chi connectivity index (χ0v) is 12.2. The van der Waals surface area contributed by atoms with E-state index in [1.807, 2.05) is 6.07 Å². The van der Waals surface area contributed by atoms with Gasteiger partial charge in [0.1, 0.15) is 5.82 Å². The van der Waals surface area contributed by atoms with E-state index in [1.165, 1.54) is 25.0 Å². The Morgan fingerprint density at radius 1 is 1.27 bits per heavy atom. The van der Waals surface area contributed by atoms with Gasteiger partial charge in [-0.3, -0.25) is 10.1 Å². The minimum Gasteiger partial charge on any atom is -0.366 e. The van der Waals surface area contributed by atoms with Crippen molar-refractivity contribution in [1.29, 1.82) is 0 Å². The van der Waals surface area contributed by atoms with Crippen molar-refractivity contribution in [1.82, 2.24) is 9.97 Å². The Kier molecular flexibility index (Phi) is 3.86. The molecule has 0 amide bonds. The highest BCUT2D eigenvalue weighted by atomic mass is 16.6. The lowest BCUT2D eigenvalue weighted by molar-refractivity contribution is -0.384. The molecule has 0 spiro atoms. The number of nitro groups is 1. The highest BCUT2D eigenvalue weighted by Crippen LogP contribution is 2.39. The van der Waals surface area contributed by atoms with E-state index in [9.17, 15) is 10.1 Å². The number of hydrogen-bond donors (Lipinski definition) is 2. The molecule has 0 bridgehead atoms. The van der Waals surface area contributed by atoms with Crippen molar-refractivity contribution >= 4 is 17.5 Å². The summed E-state index contributed by atoms with van der Waals surface area (Å²) in [6.07, 6.45) is 2.37. The summed E-state index contributed by atoms with van der Waals surface area (Å²) in [6, 6.07) is 8.47. The third kappa shape index (κ3) is 3.30. The average Bonchev–Trinajstić information content (AvgIpc) is 3.38. The monoisotopic (exact) mass is 299 g/mol. The molecule has 0 unspecified atom stereocenters. The first-order chi connectivity index (χ1) is 10.7. The van der Waals surface area contributed by atoms with Gasteiger partial charge in [-0.2, -0.15) is 4.98 Å². The number of hydrogen-bond acceptors (Lipinski definition) is 6. The van der Waals surface area contributed by atoms with Crippen molar-refractivity contribution in [2.45, 2.75) is 25.3 Å². The molecule has 1 heterocycles. The summed E-state index contributed by atoms with van der Waals surface area (Å²) in [5, 5.41) is 16.9. The number of rotatable bonds is 6. The van der Waals surface area contributed by atoms with Gasteiger partial charge in [0.05, 0.1) is 10.6 Å². The van der Waals surface area contributed by atoms with Crippen molar-refractivity contribution in [2.75, 3.05) is 17.7 Å². The number of nitrogens with zero attached hydrogens (tertiary/aromatic N) is 3. The van der Waals surface area contributed by atoms with Gasteiger partial charge >= 0.3 is 0 Å². The second-order valence-electron chi connectivity index (χ2n) is 5.30. The van der Waals surface area contributed by atoms with E-state index < -0.39 is 4.92 Å². The molecule has 1 aromatic heterocycles. The molecule has 0 radical (unpaired) electrons. The fourth-order valence-corrected chi connectivity index (χ4v) is 2.18. The van der Waals surface area contributed by atoms with Gasteiger partial charge in [0.25, 0.3) is 5.69 Å². The van der Waals surface area contributed by atoms with Crippen LogP contribution in [0.1, 0.15) is 30.0 Å². The Morgan fingerprint density at radius 2 is 2.00 bits per heavy atom. The minimum absolute atomic E-state index is 0.0966. The van der Waals surface area contributed by atoms with Crippen LogP contribution in [-0.2, 0) is 6.54 Å². The number of nitro benzene ring substituents is 1. The van der Waals surface area contributed by atoms with Crippen molar-refractivity contribution in [3.63, 3.8) is 0 Å². The van der Waals surface area contributed by atoms with Crippen molar-refractivity contribution in [3.8, 4) is 0 Å². The van der Waals surface area contributed by atoms with E-state index in [2.05, 4.69) is 20.6 Å². The predicted octanol–water partition coefficient (Wildman–Crippen LogP) is 2.92. The van der Waals surface area contributed by atoms with Gasteiger partial charge in [-0.15, -0.1) is 0 Å². The number of aromatic nitrogens is 2. The first-order valence-electron chi connectivity index (χ1n) is 7.19. The number of nitrogens with one attached hydrogen (secondary N) is 2. The quantitative estimate of drug-likeness (QED) is 0.629. The maximum Gasteiger partial charge on any atom is 0.269 e. The van der Waals surface area contributed by atoms with Crippen LogP contribution >= 0.6 is 0 Å². The van der Waals surface area contributed by atoms with E-state index >= 15 is 0 Å². The summed E-state index contributed by atoms with van der Waals surface area (Å²) in [4.78, 5) is 19.1. The van der Waals surface area contributed by atoms with Crippen LogP contribution in [0, 0.1) is 10.1 Å². The molecule has 0 aliphatic heterocycles. The fraction of sp³-hybridized carbons (Fsp3) is 0.333. The zero-order chi connectivity index (χ0) is 15.5. The van der Waals surface area contributed by atoms with Gasteiger partial charge in [-0.25, -0.2) is 4.98 Å². The van der Waals surface area contributed by atoms with Crippen molar-refractivity contribution in [3.05, 3.63) is 51.7 Å². The lowest BCUT2D eigenvalue weighted by atomic mass is 10.2. The molecule has 1 aliphatic carbocycles. The molecular formula is C15H17N5O2. The molecule has 1 saturated carbocycles. The normalized spacial score (nSPS) is 13.7. The molecular weight excluding hydrogens is 282 g/mol. The van der Waals surface area contributed by atoms with Gasteiger partial charge < -0.3 is 10.6 Å². The molecule has 2 aromatic rings. The molecule has 0 saturated heterocycles. The van der Waals surface area contributed by atoms with Crippen molar-refractivity contribution < 1.29 is 4.92 Å². The SMILES string of the molecule is CNc1nc(NCc2ccc([N+](=O)[O-])cc2)cc(C2CC2)n1.